The molecule has 6 nitrogen and oxygen atoms in total. The Labute approximate surface area is 137 Å². The predicted molar refractivity (Wildman–Crippen MR) is 91.9 cm³/mol. The second kappa shape index (κ2) is 6.10. The average Bonchev–Trinajstić information content (AvgIpc) is 2.54. The average molecular weight is 312 g/mol. The van der Waals surface area contributed by atoms with E-state index < -0.39 is 0 Å². The molecule has 122 valence electrons. The number of rotatable bonds is 2. The zero-order valence-electron chi connectivity index (χ0n) is 14.3. The van der Waals surface area contributed by atoms with Gasteiger partial charge >= 0.3 is 0 Å². The van der Waals surface area contributed by atoms with E-state index in [9.17, 15) is 0 Å². The minimum Gasteiger partial charge on any atom is -0.353 e. The molecule has 0 amide bonds. The number of hydrogen-bond donors (Lipinski definition) is 0. The van der Waals surface area contributed by atoms with Crippen molar-refractivity contribution in [1.82, 2.24) is 19.9 Å². The van der Waals surface area contributed by atoms with E-state index in [1.807, 2.05) is 13.0 Å². The summed E-state index contributed by atoms with van der Waals surface area (Å²) in [5, 5.41) is 0. The summed E-state index contributed by atoms with van der Waals surface area (Å²) in [6.07, 6.45) is 3.31. The zero-order chi connectivity index (χ0) is 16.4. The highest BCUT2D eigenvalue weighted by molar-refractivity contribution is 5.45. The van der Waals surface area contributed by atoms with Gasteiger partial charge in [-0.3, -0.25) is 0 Å². The molecule has 1 fully saturated rings. The van der Waals surface area contributed by atoms with Crippen molar-refractivity contribution in [1.29, 1.82) is 0 Å². The quantitative estimate of drug-likeness (QED) is 0.847. The van der Waals surface area contributed by atoms with Gasteiger partial charge in [-0.2, -0.15) is 0 Å². The lowest BCUT2D eigenvalue weighted by Gasteiger charge is -2.36. The summed E-state index contributed by atoms with van der Waals surface area (Å²) < 4.78 is 0. The third kappa shape index (κ3) is 3.57. The van der Waals surface area contributed by atoms with Crippen LogP contribution in [0.5, 0.6) is 0 Å². The smallest absolute Gasteiger partial charge is 0.132 e. The molecule has 0 aromatic carbocycles. The van der Waals surface area contributed by atoms with E-state index in [2.05, 4.69) is 56.6 Å². The first kappa shape index (κ1) is 15.6. The molecule has 1 saturated heterocycles. The van der Waals surface area contributed by atoms with Gasteiger partial charge in [-0.25, -0.2) is 19.9 Å². The molecule has 1 aliphatic heterocycles. The van der Waals surface area contributed by atoms with Gasteiger partial charge in [0.05, 0.1) is 5.69 Å². The van der Waals surface area contributed by atoms with Crippen LogP contribution in [0.25, 0.3) is 0 Å². The number of piperazine rings is 1. The van der Waals surface area contributed by atoms with Crippen molar-refractivity contribution < 1.29 is 0 Å². The summed E-state index contributed by atoms with van der Waals surface area (Å²) in [5.74, 6) is 2.03. The predicted octanol–water partition coefficient (Wildman–Crippen LogP) is 2.20. The highest BCUT2D eigenvalue weighted by atomic mass is 15.3. The van der Waals surface area contributed by atoms with E-state index in [-0.39, 0.29) is 5.41 Å². The van der Waals surface area contributed by atoms with Crippen molar-refractivity contribution in [3.8, 4) is 0 Å². The first-order valence-electron chi connectivity index (χ1n) is 8.04. The van der Waals surface area contributed by atoms with Gasteiger partial charge in [-0.15, -0.1) is 0 Å². The van der Waals surface area contributed by atoms with Gasteiger partial charge in [0, 0.05) is 49.4 Å². The van der Waals surface area contributed by atoms with Crippen LogP contribution in [-0.4, -0.2) is 46.1 Å². The Bertz CT molecular complexity index is 671. The molecule has 2 aromatic heterocycles. The molecule has 23 heavy (non-hydrogen) atoms. The summed E-state index contributed by atoms with van der Waals surface area (Å²) in [7, 11) is 0. The SMILES string of the molecule is Cc1cc(N2CCN(c3cc(C(C)(C)C)ncn3)CC2)ncn1. The molecule has 0 radical (unpaired) electrons. The van der Waals surface area contributed by atoms with E-state index in [0.717, 1.165) is 49.2 Å². The van der Waals surface area contributed by atoms with E-state index in [4.69, 9.17) is 0 Å². The topological polar surface area (TPSA) is 58.0 Å². The summed E-state index contributed by atoms with van der Waals surface area (Å²) in [5.41, 5.74) is 2.12. The van der Waals surface area contributed by atoms with Gasteiger partial charge in [0.2, 0.25) is 0 Å². The summed E-state index contributed by atoms with van der Waals surface area (Å²) in [6.45, 7) is 12.3. The summed E-state index contributed by atoms with van der Waals surface area (Å²) >= 11 is 0. The fourth-order valence-corrected chi connectivity index (χ4v) is 2.71. The number of aromatic nitrogens is 4. The standard InChI is InChI=1S/C17H24N6/c1-13-9-15(20-11-18-13)22-5-7-23(8-6-22)16-10-14(17(2,3)4)19-12-21-16/h9-12H,5-8H2,1-4H3. The first-order chi connectivity index (χ1) is 10.9. The Hall–Kier alpha value is -2.24. The van der Waals surface area contributed by atoms with Gasteiger partial charge in [0.15, 0.2) is 0 Å². The molecule has 3 rings (SSSR count). The molecule has 0 atom stereocenters. The molecular formula is C17H24N6. The first-order valence-corrected chi connectivity index (χ1v) is 8.04. The van der Waals surface area contributed by atoms with Crippen LogP contribution in [-0.2, 0) is 5.41 Å². The molecule has 0 aliphatic carbocycles. The van der Waals surface area contributed by atoms with Crippen LogP contribution < -0.4 is 9.80 Å². The Morgan fingerprint density at radius 1 is 0.783 bits per heavy atom. The van der Waals surface area contributed by atoms with Crippen LogP contribution >= 0.6 is 0 Å². The molecular weight excluding hydrogens is 288 g/mol. The number of hydrogen-bond acceptors (Lipinski definition) is 6. The van der Waals surface area contributed by atoms with Crippen LogP contribution in [0.1, 0.15) is 32.2 Å². The zero-order valence-corrected chi connectivity index (χ0v) is 14.3. The maximum atomic E-state index is 4.46. The van der Waals surface area contributed by atoms with Crippen LogP contribution in [0.2, 0.25) is 0 Å². The Morgan fingerprint density at radius 2 is 1.30 bits per heavy atom. The molecule has 0 bridgehead atoms. The molecule has 0 unspecified atom stereocenters. The lowest BCUT2D eigenvalue weighted by molar-refractivity contribution is 0.564. The second-order valence-corrected chi connectivity index (χ2v) is 7.00. The third-order valence-corrected chi connectivity index (χ3v) is 4.14. The molecule has 3 heterocycles. The van der Waals surface area contributed by atoms with Gasteiger partial charge in [0.25, 0.3) is 0 Å². The van der Waals surface area contributed by atoms with Gasteiger partial charge in [0.1, 0.15) is 24.3 Å². The molecule has 2 aromatic rings. The van der Waals surface area contributed by atoms with E-state index in [1.54, 1.807) is 12.7 Å². The van der Waals surface area contributed by atoms with Crippen molar-refractivity contribution >= 4 is 11.6 Å². The maximum absolute atomic E-state index is 4.46. The van der Waals surface area contributed by atoms with E-state index in [0.29, 0.717) is 0 Å². The highest BCUT2D eigenvalue weighted by Gasteiger charge is 2.22. The van der Waals surface area contributed by atoms with Gasteiger partial charge < -0.3 is 9.80 Å². The maximum Gasteiger partial charge on any atom is 0.132 e. The monoisotopic (exact) mass is 312 g/mol. The molecule has 0 saturated carbocycles. The summed E-state index contributed by atoms with van der Waals surface area (Å²) in [4.78, 5) is 22.0. The minimum absolute atomic E-state index is 0.0397. The van der Waals surface area contributed by atoms with Crippen molar-refractivity contribution in [3.63, 3.8) is 0 Å². The van der Waals surface area contributed by atoms with Crippen LogP contribution in [0.4, 0.5) is 11.6 Å². The van der Waals surface area contributed by atoms with Gasteiger partial charge in [-0.1, -0.05) is 20.8 Å². The summed E-state index contributed by atoms with van der Waals surface area (Å²) in [6, 6.07) is 4.16. The molecule has 1 aliphatic rings. The van der Waals surface area contributed by atoms with Crippen LogP contribution in [0.15, 0.2) is 24.8 Å². The van der Waals surface area contributed by atoms with Crippen molar-refractivity contribution in [2.24, 2.45) is 0 Å². The normalized spacial score (nSPS) is 15.8. The van der Waals surface area contributed by atoms with E-state index in [1.165, 1.54) is 0 Å². The van der Waals surface area contributed by atoms with Crippen LogP contribution in [0, 0.1) is 6.92 Å². The molecule has 0 spiro atoms. The van der Waals surface area contributed by atoms with E-state index >= 15 is 0 Å². The largest absolute Gasteiger partial charge is 0.353 e. The Balaban J connectivity index is 1.70. The molecule has 6 heteroatoms. The minimum atomic E-state index is 0.0397. The van der Waals surface area contributed by atoms with Gasteiger partial charge in [-0.05, 0) is 6.92 Å². The third-order valence-electron chi connectivity index (χ3n) is 4.14. The Morgan fingerprint density at radius 3 is 1.83 bits per heavy atom. The lowest BCUT2D eigenvalue weighted by atomic mass is 9.92. The van der Waals surface area contributed by atoms with Crippen molar-refractivity contribution in [3.05, 3.63) is 36.2 Å². The fourth-order valence-electron chi connectivity index (χ4n) is 2.71. The lowest BCUT2D eigenvalue weighted by Crippen LogP contribution is -2.47. The van der Waals surface area contributed by atoms with Crippen LogP contribution in [0.3, 0.4) is 0 Å². The number of nitrogens with zero attached hydrogens (tertiary/aromatic N) is 6. The fraction of sp³-hybridized carbons (Fsp3) is 0.529. The number of aryl methyl sites for hydroxylation is 1. The van der Waals surface area contributed by atoms with Crippen molar-refractivity contribution in [2.45, 2.75) is 33.1 Å². The molecule has 0 N–H and O–H groups in total. The number of anilines is 2. The second-order valence-electron chi connectivity index (χ2n) is 7.00. The highest BCUT2D eigenvalue weighted by Crippen LogP contribution is 2.24. The Kier molecular flexibility index (Phi) is 4.15. The van der Waals surface area contributed by atoms with Crippen molar-refractivity contribution in [2.75, 3.05) is 36.0 Å².